The average Bonchev–Trinajstić information content (AvgIpc) is 2.65. The Hall–Kier alpha value is -2.42. The molecule has 1 atom stereocenters. The van der Waals surface area contributed by atoms with Crippen LogP contribution in [0.15, 0.2) is 29.2 Å². The van der Waals surface area contributed by atoms with Crippen molar-refractivity contribution in [3.05, 3.63) is 29.8 Å². The summed E-state index contributed by atoms with van der Waals surface area (Å²) in [7, 11) is -3.61. The number of hydrogen-bond donors (Lipinski definition) is 1. The average molecular weight is 382 g/mol. The number of piperidine rings is 1. The Balaban J connectivity index is 2.10. The van der Waals surface area contributed by atoms with Gasteiger partial charge in [-0.15, -0.1) is 0 Å². The summed E-state index contributed by atoms with van der Waals surface area (Å²) in [5.74, 6) is -2.19. The second kappa shape index (κ2) is 8.31. The summed E-state index contributed by atoms with van der Waals surface area (Å²) < 4.78 is 29.2. The summed E-state index contributed by atoms with van der Waals surface area (Å²) in [6, 6.07) is 4.98. The molecule has 0 radical (unpaired) electrons. The first kappa shape index (κ1) is 19.9. The van der Waals surface area contributed by atoms with E-state index in [1.165, 1.54) is 36.1 Å². The maximum Gasteiger partial charge on any atom is 0.339 e. The van der Waals surface area contributed by atoms with Crippen LogP contribution >= 0.6 is 0 Å². The molecule has 8 nitrogen and oxygen atoms in total. The molecule has 1 fully saturated rings. The van der Waals surface area contributed by atoms with Crippen LogP contribution in [0.25, 0.3) is 0 Å². The first-order valence-electron chi connectivity index (χ1n) is 8.35. The first-order valence-corrected chi connectivity index (χ1v) is 10.0. The molecule has 2 amide bonds. The molecule has 1 aromatic rings. The van der Waals surface area contributed by atoms with Crippen molar-refractivity contribution in [2.45, 2.75) is 37.1 Å². The number of esters is 1. The van der Waals surface area contributed by atoms with Crippen molar-refractivity contribution in [3.8, 4) is 0 Å². The van der Waals surface area contributed by atoms with Gasteiger partial charge in [-0.3, -0.25) is 9.59 Å². The van der Waals surface area contributed by atoms with Crippen LogP contribution in [-0.4, -0.2) is 56.0 Å². The molecule has 142 valence electrons. The number of nitrogens with zero attached hydrogens (tertiary/aromatic N) is 1. The highest BCUT2D eigenvalue weighted by atomic mass is 32.2. The zero-order chi connectivity index (χ0) is 19.3. The van der Waals surface area contributed by atoms with Crippen molar-refractivity contribution in [1.29, 1.82) is 0 Å². The number of ether oxygens (including phenoxy) is 1. The quantitative estimate of drug-likeness (QED) is 0.715. The van der Waals surface area contributed by atoms with Gasteiger partial charge in [-0.2, -0.15) is 0 Å². The summed E-state index contributed by atoms with van der Waals surface area (Å²) in [6.45, 7) is 1.26. The molecule has 0 saturated carbocycles. The van der Waals surface area contributed by atoms with Crippen LogP contribution in [-0.2, 0) is 24.2 Å². The van der Waals surface area contributed by atoms with Crippen LogP contribution in [0.1, 0.15) is 36.5 Å². The largest absolute Gasteiger partial charge is 0.452 e. The van der Waals surface area contributed by atoms with Crippen molar-refractivity contribution in [3.63, 3.8) is 0 Å². The van der Waals surface area contributed by atoms with E-state index in [0.717, 1.165) is 12.8 Å². The summed E-state index contributed by atoms with van der Waals surface area (Å²) in [5.41, 5.74) is 5.20. The molecular weight excluding hydrogens is 360 g/mol. The molecule has 0 bridgehead atoms. The number of nitrogens with two attached hydrogens (primary N) is 1. The number of hydrogen-bond acceptors (Lipinski definition) is 6. The van der Waals surface area contributed by atoms with Crippen molar-refractivity contribution >= 4 is 27.6 Å². The summed E-state index contributed by atoms with van der Waals surface area (Å²) >= 11 is 0. The van der Waals surface area contributed by atoms with Crippen molar-refractivity contribution < 1.29 is 27.5 Å². The van der Waals surface area contributed by atoms with Gasteiger partial charge in [-0.05, 0) is 31.4 Å². The lowest BCUT2D eigenvalue weighted by Crippen LogP contribution is -2.51. The summed E-state index contributed by atoms with van der Waals surface area (Å²) in [4.78, 5) is 37.2. The molecule has 0 spiro atoms. The van der Waals surface area contributed by atoms with E-state index in [4.69, 9.17) is 10.5 Å². The second-order valence-corrected chi connectivity index (χ2v) is 8.22. The van der Waals surface area contributed by atoms with Gasteiger partial charge < -0.3 is 15.4 Å². The number of carbonyl (C=O) groups is 3. The Labute approximate surface area is 152 Å². The molecule has 0 aliphatic carbocycles. The number of rotatable bonds is 6. The smallest absolute Gasteiger partial charge is 0.339 e. The molecule has 1 saturated heterocycles. The number of primary amides is 1. The Morgan fingerprint density at radius 2 is 1.92 bits per heavy atom. The Morgan fingerprint density at radius 1 is 1.23 bits per heavy atom. The molecule has 2 N–H and O–H groups in total. The molecule has 26 heavy (non-hydrogen) atoms. The van der Waals surface area contributed by atoms with E-state index in [0.29, 0.717) is 13.0 Å². The third-order valence-electron chi connectivity index (χ3n) is 4.30. The van der Waals surface area contributed by atoms with E-state index in [1.807, 2.05) is 0 Å². The van der Waals surface area contributed by atoms with Crippen LogP contribution in [0, 0.1) is 0 Å². The molecule has 2 rings (SSSR count). The Morgan fingerprint density at radius 3 is 2.58 bits per heavy atom. The highest BCUT2D eigenvalue weighted by Gasteiger charge is 2.31. The highest BCUT2D eigenvalue weighted by molar-refractivity contribution is 7.91. The zero-order valence-electron chi connectivity index (χ0n) is 14.5. The molecule has 1 aromatic carbocycles. The minimum absolute atomic E-state index is 0.118. The van der Waals surface area contributed by atoms with E-state index in [9.17, 15) is 22.8 Å². The minimum atomic E-state index is -3.61. The summed E-state index contributed by atoms with van der Waals surface area (Å²) in [6.07, 6.45) is 2.01. The van der Waals surface area contributed by atoms with Crippen LogP contribution in [0.4, 0.5) is 0 Å². The van der Waals surface area contributed by atoms with Crippen LogP contribution in [0.5, 0.6) is 0 Å². The monoisotopic (exact) mass is 382 g/mol. The zero-order valence-corrected chi connectivity index (χ0v) is 15.3. The summed E-state index contributed by atoms with van der Waals surface area (Å²) in [5, 5.41) is 0. The topological polar surface area (TPSA) is 124 Å². The van der Waals surface area contributed by atoms with E-state index < -0.39 is 40.3 Å². The standard InChI is InChI=1S/C17H22N2O6S/c1-2-26(23,24)14-9-4-3-7-12(14)17(22)25-11-15(20)19-10-6-5-8-13(19)16(18)21/h3-4,7,9,13H,2,5-6,8,10-11H2,1H3,(H2,18,21)/t13-/m1/s1. The molecule has 1 heterocycles. The van der Waals surface area contributed by atoms with Crippen molar-refractivity contribution in [2.24, 2.45) is 5.73 Å². The maximum atomic E-state index is 12.3. The van der Waals surface area contributed by atoms with Gasteiger partial charge in [0, 0.05) is 6.54 Å². The van der Waals surface area contributed by atoms with Gasteiger partial charge in [0.25, 0.3) is 5.91 Å². The van der Waals surface area contributed by atoms with E-state index in [1.54, 1.807) is 0 Å². The van der Waals surface area contributed by atoms with Gasteiger partial charge in [0.1, 0.15) is 6.04 Å². The molecule has 9 heteroatoms. The second-order valence-electron chi connectivity index (χ2n) is 5.98. The van der Waals surface area contributed by atoms with E-state index >= 15 is 0 Å². The fraction of sp³-hybridized carbons (Fsp3) is 0.471. The maximum absolute atomic E-state index is 12.3. The first-order chi connectivity index (χ1) is 12.3. The lowest BCUT2D eigenvalue weighted by Gasteiger charge is -2.33. The lowest BCUT2D eigenvalue weighted by molar-refractivity contribution is -0.143. The Kier molecular flexibility index (Phi) is 6.36. The van der Waals surface area contributed by atoms with Gasteiger partial charge >= 0.3 is 5.97 Å². The Bertz CT molecular complexity index is 805. The highest BCUT2D eigenvalue weighted by Crippen LogP contribution is 2.19. The number of likely N-dealkylation sites (tertiary alicyclic amines) is 1. The van der Waals surface area contributed by atoms with Crippen LogP contribution in [0.3, 0.4) is 0 Å². The van der Waals surface area contributed by atoms with Crippen molar-refractivity contribution in [1.82, 2.24) is 4.90 Å². The predicted octanol–water partition coefficient (Wildman–Crippen LogP) is 0.503. The molecule has 1 aliphatic heterocycles. The van der Waals surface area contributed by atoms with Gasteiger partial charge in [-0.1, -0.05) is 19.1 Å². The third-order valence-corrected chi connectivity index (χ3v) is 6.09. The number of sulfone groups is 1. The van der Waals surface area contributed by atoms with Gasteiger partial charge in [0.05, 0.1) is 16.2 Å². The molecule has 0 unspecified atom stereocenters. The molecule has 0 aromatic heterocycles. The minimum Gasteiger partial charge on any atom is -0.452 e. The van der Waals surface area contributed by atoms with Crippen molar-refractivity contribution in [2.75, 3.05) is 18.9 Å². The number of carbonyl (C=O) groups excluding carboxylic acids is 3. The predicted molar refractivity (Wildman–Crippen MR) is 93.0 cm³/mol. The number of amides is 2. The lowest BCUT2D eigenvalue weighted by atomic mass is 10.0. The fourth-order valence-corrected chi connectivity index (χ4v) is 3.96. The SMILES string of the molecule is CCS(=O)(=O)c1ccccc1C(=O)OCC(=O)N1CCCC[C@@H]1C(N)=O. The van der Waals surface area contributed by atoms with E-state index in [2.05, 4.69) is 0 Å². The van der Waals surface area contributed by atoms with E-state index in [-0.39, 0.29) is 16.2 Å². The van der Waals surface area contributed by atoms with Gasteiger partial charge in [0.2, 0.25) is 5.91 Å². The number of benzene rings is 1. The van der Waals surface area contributed by atoms with Crippen LogP contribution in [0.2, 0.25) is 0 Å². The molecule has 1 aliphatic rings. The normalized spacial score (nSPS) is 17.6. The van der Waals surface area contributed by atoms with Gasteiger partial charge in [-0.25, -0.2) is 13.2 Å². The fourth-order valence-electron chi connectivity index (χ4n) is 2.88. The molecular formula is C17H22N2O6S. The third kappa shape index (κ3) is 4.40. The van der Waals surface area contributed by atoms with Crippen LogP contribution < -0.4 is 5.73 Å². The van der Waals surface area contributed by atoms with Gasteiger partial charge in [0.15, 0.2) is 16.4 Å².